The first-order valence-electron chi connectivity index (χ1n) is 4.35. The fraction of sp³-hybridized carbons (Fsp3) is 0. The third-order valence-electron chi connectivity index (χ3n) is 1.80. The maximum absolute atomic E-state index is 5.89. The van der Waals surface area contributed by atoms with E-state index in [4.69, 9.17) is 23.2 Å². The van der Waals surface area contributed by atoms with Crippen LogP contribution in [0.2, 0.25) is 10.0 Å². The van der Waals surface area contributed by atoms with Crippen molar-refractivity contribution in [3.05, 3.63) is 44.2 Å². The van der Waals surface area contributed by atoms with Crippen molar-refractivity contribution in [2.75, 3.05) is 5.32 Å². The molecular weight excluding hydrogens is 360 g/mol. The van der Waals surface area contributed by atoms with Gasteiger partial charge in [-0.05, 0) is 40.8 Å². The minimum atomic E-state index is 0.497. The van der Waals surface area contributed by atoms with Crippen LogP contribution < -0.4 is 5.32 Å². The second kappa shape index (κ2) is 5.16. The van der Waals surface area contributed by atoms with E-state index in [1.807, 2.05) is 6.07 Å². The summed E-state index contributed by atoms with van der Waals surface area (Å²) < 4.78 is 0.984. The average Bonchev–Trinajstić information content (AvgIpc) is 2.27. The molecule has 2 aromatic rings. The second-order valence-corrected chi connectivity index (χ2v) is 5.04. The zero-order valence-electron chi connectivity index (χ0n) is 7.92. The number of nitrogens with one attached hydrogen (secondary N) is 1. The molecule has 16 heavy (non-hydrogen) atoms. The quantitative estimate of drug-likeness (QED) is 0.813. The lowest BCUT2D eigenvalue weighted by atomic mass is 10.3. The molecule has 82 valence electrons. The summed E-state index contributed by atoms with van der Waals surface area (Å²) in [5.74, 6) is 0.527. The van der Waals surface area contributed by atoms with Crippen LogP contribution in [-0.4, -0.2) is 9.97 Å². The fourth-order valence-corrected chi connectivity index (χ4v) is 1.66. The fourth-order valence-electron chi connectivity index (χ4n) is 1.08. The molecule has 0 radical (unpaired) electrons. The Hall–Kier alpha value is -0.590. The molecule has 6 heteroatoms. The summed E-state index contributed by atoms with van der Waals surface area (Å²) in [4.78, 5) is 8.24. The largest absolute Gasteiger partial charge is 0.324 e. The summed E-state index contributed by atoms with van der Waals surface area (Å²) >= 11 is 13.8. The molecule has 0 fully saturated rings. The standard InChI is InChI=1S/C10H6Cl2IN3/c11-8-2-1-7(3-9(8)12)16-10-14-4-6(13)5-15-10/h1-5H,(H,14,15,16). The van der Waals surface area contributed by atoms with Gasteiger partial charge in [-0.1, -0.05) is 23.2 Å². The van der Waals surface area contributed by atoms with Crippen LogP contribution in [0.25, 0.3) is 0 Å². The molecule has 0 saturated heterocycles. The number of rotatable bonds is 2. The minimum absolute atomic E-state index is 0.497. The molecular formula is C10H6Cl2IN3. The Morgan fingerprint density at radius 3 is 2.38 bits per heavy atom. The summed E-state index contributed by atoms with van der Waals surface area (Å²) in [5.41, 5.74) is 0.801. The van der Waals surface area contributed by atoms with Gasteiger partial charge in [-0.2, -0.15) is 0 Å². The van der Waals surface area contributed by atoms with E-state index in [9.17, 15) is 0 Å². The van der Waals surface area contributed by atoms with Gasteiger partial charge in [0.2, 0.25) is 5.95 Å². The molecule has 1 N–H and O–H groups in total. The van der Waals surface area contributed by atoms with E-state index in [1.165, 1.54) is 0 Å². The number of halogens is 3. The molecule has 0 bridgehead atoms. The number of anilines is 2. The summed E-state index contributed by atoms with van der Waals surface area (Å²) in [5, 5.41) is 4.05. The number of nitrogens with zero attached hydrogens (tertiary/aromatic N) is 2. The van der Waals surface area contributed by atoms with Crippen LogP contribution in [0.4, 0.5) is 11.6 Å². The molecule has 1 aromatic carbocycles. The smallest absolute Gasteiger partial charge is 0.227 e. The van der Waals surface area contributed by atoms with Gasteiger partial charge in [0, 0.05) is 21.7 Å². The van der Waals surface area contributed by atoms with Crippen LogP contribution in [0, 0.1) is 3.57 Å². The SMILES string of the molecule is Clc1ccc(Nc2ncc(I)cn2)cc1Cl. The third-order valence-corrected chi connectivity index (χ3v) is 3.09. The highest BCUT2D eigenvalue weighted by atomic mass is 127. The Morgan fingerprint density at radius 1 is 1.06 bits per heavy atom. The van der Waals surface area contributed by atoms with Crippen LogP contribution in [0.5, 0.6) is 0 Å². The number of hydrogen-bond acceptors (Lipinski definition) is 3. The van der Waals surface area contributed by atoms with Gasteiger partial charge in [0.1, 0.15) is 0 Å². The van der Waals surface area contributed by atoms with E-state index in [1.54, 1.807) is 24.5 Å². The molecule has 0 spiro atoms. The van der Waals surface area contributed by atoms with Crippen molar-refractivity contribution in [1.82, 2.24) is 9.97 Å². The van der Waals surface area contributed by atoms with E-state index in [-0.39, 0.29) is 0 Å². The first-order chi connectivity index (χ1) is 7.65. The zero-order valence-corrected chi connectivity index (χ0v) is 11.6. The highest BCUT2D eigenvalue weighted by Gasteiger charge is 2.01. The first kappa shape index (κ1) is 11.9. The number of benzene rings is 1. The Kier molecular flexibility index (Phi) is 3.83. The zero-order chi connectivity index (χ0) is 11.5. The van der Waals surface area contributed by atoms with Crippen molar-refractivity contribution in [2.24, 2.45) is 0 Å². The van der Waals surface area contributed by atoms with Gasteiger partial charge in [-0.3, -0.25) is 0 Å². The number of aromatic nitrogens is 2. The van der Waals surface area contributed by atoms with Crippen LogP contribution >= 0.6 is 45.8 Å². The molecule has 0 saturated carbocycles. The van der Waals surface area contributed by atoms with Crippen molar-refractivity contribution >= 4 is 57.4 Å². The van der Waals surface area contributed by atoms with Crippen molar-refractivity contribution < 1.29 is 0 Å². The molecule has 2 rings (SSSR count). The predicted molar refractivity (Wildman–Crippen MR) is 74.5 cm³/mol. The first-order valence-corrected chi connectivity index (χ1v) is 6.18. The van der Waals surface area contributed by atoms with Gasteiger partial charge >= 0.3 is 0 Å². The molecule has 0 aliphatic carbocycles. The maximum atomic E-state index is 5.89. The average molecular weight is 366 g/mol. The van der Waals surface area contributed by atoms with E-state index < -0.39 is 0 Å². The second-order valence-electron chi connectivity index (χ2n) is 2.98. The van der Waals surface area contributed by atoms with Gasteiger partial charge in [-0.15, -0.1) is 0 Å². The van der Waals surface area contributed by atoms with Gasteiger partial charge in [0.25, 0.3) is 0 Å². The highest BCUT2D eigenvalue weighted by molar-refractivity contribution is 14.1. The maximum Gasteiger partial charge on any atom is 0.227 e. The van der Waals surface area contributed by atoms with Crippen molar-refractivity contribution in [3.8, 4) is 0 Å². The minimum Gasteiger partial charge on any atom is -0.324 e. The summed E-state index contributed by atoms with van der Waals surface area (Å²) in [7, 11) is 0. The van der Waals surface area contributed by atoms with Crippen molar-refractivity contribution in [3.63, 3.8) is 0 Å². The van der Waals surface area contributed by atoms with Crippen molar-refractivity contribution in [1.29, 1.82) is 0 Å². The lowest BCUT2D eigenvalue weighted by molar-refractivity contribution is 1.15. The topological polar surface area (TPSA) is 37.8 Å². The summed E-state index contributed by atoms with van der Waals surface area (Å²) in [6, 6.07) is 5.26. The summed E-state index contributed by atoms with van der Waals surface area (Å²) in [6.07, 6.45) is 3.46. The number of hydrogen-bond donors (Lipinski definition) is 1. The molecule has 1 heterocycles. The normalized spacial score (nSPS) is 10.2. The Bertz CT molecular complexity index is 502. The Morgan fingerprint density at radius 2 is 1.75 bits per heavy atom. The molecule has 0 atom stereocenters. The lowest BCUT2D eigenvalue weighted by Crippen LogP contribution is -1.96. The van der Waals surface area contributed by atoms with E-state index in [2.05, 4.69) is 37.9 Å². The molecule has 0 unspecified atom stereocenters. The van der Waals surface area contributed by atoms with E-state index in [0.29, 0.717) is 16.0 Å². The van der Waals surface area contributed by atoms with Crippen LogP contribution in [-0.2, 0) is 0 Å². The highest BCUT2D eigenvalue weighted by Crippen LogP contribution is 2.26. The van der Waals surface area contributed by atoms with Gasteiger partial charge < -0.3 is 5.32 Å². The van der Waals surface area contributed by atoms with E-state index >= 15 is 0 Å². The van der Waals surface area contributed by atoms with Crippen LogP contribution in [0.1, 0.15) is 0 Å². The molecule has 1 aromatic heterocycles. The van der Waals surface area contributed by atoms with Gasteiger partial charge in [0.05, 0.1) is 10.0 Å². The molecule has 0 amide bonds. The summed E-state index contributed by atoms with van der Waals surface area (Å²) in [6.45, 7) is 0. The van der Waals surface area contributed by atoms with Gasteiger partial charge in [-0.25, -0.2) is 9.97 Å². The Balaban J connectivity index is 2.20. The van der Waals surface area contributed by atoms with Crippen molar-refractivity contribution in [2.45, 2.75) is 0 Å². The van der Waals surface area contributed by atoms with Crippen LogP contribution in [0.15, 0.2) is 30.6 Å². The lowest BCUT2D eigenvalue weighted by Gasteiger charge is -2.05. The third kappa shape index (κ3) is 2.96. The monoisotopic (exact) mass is 365 g/mol. The molecule has 3 nitrogen and oxygen atoms in total. The molecule has 0 aliphatic heterocycles. The molecule has 0 aliphatic rings. The van der Waals surface area contributed by atoms with Gasteiger partial charge in [0.15, 0.2) is 0 Å². The van der Waals surface area contributed by atoms with E-state index in [0.717, 1.165) is 9.26 Å². The predicted octanol–water partition coefficient (Wildman–Crippen LogP) is 4.13. The Labute approximate surface area is 116 Å². The van der Waals surface area contributed by atoms with Crippen LogP contribution in [0.3, 0.4) is 0 Å².